The molecule has 1 fully saturated rings. The molecule has 1 aromatic carbocycles. The van der Waals surface area contributed by atoms with Crippen molar-refractivity contribution in [2.45, 2.75) is 19.8 Å². The Morgan fingerprint density at radius 3 is 3.19 bits per heavy atom. The van der Waals surface area contributed by atoms with E-state index in [2.05, 4.69) is 34.7 Å². The number of rotatable bonds is 6. The highest BCUT2D eigenvalue weighted by Crippen LogP contribution is 2.38. The van der Waals surface area contributed by atoms with E-state index in [0.29, 0.717) is 0 Å². The molecule has 4 rings (SSSR count). The monoisotopic (exact) mass is 318 g/mol. The van der Waals surface area contributed by atoms with E-state index in [1.807, 2.05) is 0 Å². The molecule has 0 aliphatic heterocycles. The molecule has 21 heavy (non-hydrogen) atoms. The Balaban J connectivity index is 1.53. The van der Waals surface area contributed by atoms with E-state index in [1.54, 1.807) is 22.7 Å². The average Bonchev–Trinajstić information content (AvgIpc) is 3.01. The number of hydrogen-bond acceptors (Lipinski definition) is 5. The van der Waals surface area contributed by atoms with Crippen molar-refractivity contribution in [1.82, 2.24) is 10.3 Å². The molecule has 2 heterocycles. The van der Waals surface area contributed by atoms with Crippen LogP contribution in [-0.2, 0) is 0 Å². The number of nitrogens with zero attached hydrogens (tertiary/aromatic N) is 1. The largest absolute Gasteiger partial charge is 0.492 e. The number of benzene rings is 1. The Bertz CT molecular complexity index is 773. The number of hydrogen-bond donors (Lipinski definition) is 1. The van der Waals surface area contributed by atoms with Gasteiger partial charge in [-0.05, 0) is 43.7 Å². The fraction of sp³-hybridized carbons (Fsp3) is 0.438. The lowest BCUT2D eigenvalue weighted by molar-refractivity contribution is 0.317. The average molecular weight is 318 g/mol. The zero-order valence-corrected chi connectivity index (χ0v) is 13.6. The van der Waals surface area contributed by atoms with Gasteiger partial charge >= 0.3 is 0 Å². The Labute approximate surface area is 132 Å². The fourth-order valence-electron chi connectivity index (χ4n) is 2.57. The van der Waals surface area contributed by atoms with Crippen LogP contribution in [0.2, 0.25) is 0 Å². The smallest absolute Gasteiger partial charge is 0.129 e. The molecule has 0 amide bonds. The van der Waals surface area contributed by atoms with Gasteiger partial charge in [-0.25, -0.2) is 4.98 Å². The molecule has 0 spiro atoms. The van der Waals surface area contributed by atoms with Crippen LogP contribution in [0.5, 0.6) is 5.75 Å². The summed E-state index contributed by atoms with van der Waals surface area (Å²) in [7, 11) is 0. The van der Waals surface area contributed by atoms with E-state index in [-0.39, 0.29) is 0 Å². The Morgan fingerprint density at radius 2 is 2.33 bits per heavy atom. The molecule has 3 nitrogen and oxygen atoms in total. The molecule has 1 N–H and O–H groups in total. The number of aromatic nitrogens is 1. The van der Waals surface area contributed by atoms with Gasteiger partial charge < -0.3 is 10.1 Å². The first-order valence-corrected chi connectivity index (χ1v) is 9.12. The number of fused-ring (bicyclic) bond motifs is 3. The van der Waals surface area contributed by atoms with Crippen LogP contribution in [0.3, 0.4) is 0 Å². The summed E-state index contributed by atoms with van der Waals surface area (Å²) in [6.45, 7) is 4.85. The van der Waals surface area contributed by atoms with Gasteiger partial charge in [0.1, 0.15) is 12.4 Å². The van der Waals surface area contributed by atoms with E-state index in [4.69, 9.17) is 4.74 Å². The third-order valence-electron chi connectivity index (χ3n) is 3.83. The van der Waals surface area contributed by atoms with Crippen LogP contribution < -0.4 is 10.1 Å². The van der Waals surface area contributed by atoms with Crippen molar-refractivity contribution in [2.24, 2.45) is 5.92 Å². The third-order valence-corrected chi connectivity index (χ3v) is 5.67. The molecule has 110 valence electrons. The van der Waals surface area contributed by atoms with Crippen LogP contribution in [-0.4, -0.2) is 24.7 Å². The van der Waals surface area contributed by atoms with Gasteiger partial charge in [-0.15, -0.1) is 22.7 Å². The summed E-state index contributed by atoms with van der Waals surface area (Å²) in [5, 5.41) is 7.90. The molecule has 3 aromatic rings. The normalized spacial score (nSPS) is 15.1. The number of thiazole rings is 1. The Hall–Kier alpha value is -1.17. The SMILES string of the molecule is Cc1nc2c(cc(OCCNCC3CC3)c3ccsc32)s1. The molecule has 0 unspecified atom stereocenters. The molecule has 0 saturated heterocycles. The lowest BCUT2D eigenvalue weighted by Gasteiger charge is -2.08. The number of thiophene rings is 1. The van der Waals surface area contributed by atoms with Gasteiger partial charge in [-0.1, -0.05) is 0 Å². The lowest BCUT2D eigenvalue weighted by Crippen LogP contribution is -2.23. The van der Waals surface area contributed by atoms with Crippen molar-refractivity contribution < 1.29 is 4.74 Å². The van der Waals surface area contributed by atoms with Crippen molar-refractivity contribution in [1.29, 1.82) is 0 Å². The molecule has 1 aliphatic rings. The maximum absolute atomic E-state index is 6.02. The van der Waals surface area contributed by atoms with E-state index >= 15 is 0 Å². The zero-order valence-electron chi connectivity index (χ0n) is 12.0. The first-order chi connectivity index (χ1) is 10.3. The van der Waals surface area contributed by atoms with Gasteiger partial charge in [0.2, 0.25) is 0 Å². The van der Waals surface area contributed by atoms with E-state index in [1.165, 1.54) is 27.6 Å². The van der Waals surface area contributed by atoms with Gasteiger partial charge in [0.15, 0.2) is 0 Å². The molecule has 0 bridgehead atoms. The Kier molecular flexibility index (Phi) is 3.57. The quantitative estimate of drug-likeness (QED) is 0.692. The minimum absolute atomic E-state index is 0.723. The van der Waals surface area contributed by atoms with Crippen molar-refractivity contribution in [3.05, 3.63) is 22.5 Å². The van der Waals surface area contributed by atoms with Crippen molar-refractivity contribution in [3.63, 3.8) is 0 Å². The minimum atomic E-state index is 0.723. The molecular weight excluding hydrogens is 300 g/mol. The fourth-order valence-corrected chi connectivity index (χ4v) is 4.40. The predicted molar refractivity (Wildman–Crippen MR) is 90.8 cm³/mol. The highest BCUT2D eigenvalue weighted by molar-refractivity contribution is 7.21. The molecule has 2 aromatic heterocycles. The summed E-state index contributed by atoms with van der Waals surface area (Å²) in [4.78, 5) is 4.65. The van der Waals surface area contributed by atoms with Gasteiger partial charge in [0.25, 0.3) is 0 Å². The highest BCUT2D eigenvalue weighted by Gasteiger charge is 2.20. The number of aryl methyl sites for hydroxylation is 1. The number of nitrogens with one attached hydrogen (secondary N) is 1. The van der Waals surface area contributed by atoms with Crippen LogP contribution >= 0.6 is 22.7 Å². The summed E-state index contributed by atoms with van der Waals surface area (Å²) in [6.07, 6.45) is 2.79. The first-order valence-electron chi connectivity index (χ1n) is 7.42. The molecule has 1 saturated carbocycles. The van der Waals surface area contributed by atoms with Crippen LogP contribution in [0.1, 0.15) is 17.8 Å². The molecule has 1 aliphatic carbocycles. The van der Waals surface area contributed by atoms with Crippen molar-refractivity contribution in [3.8, 4) is 5.75 Å². The highest BCUT2D eigenvalue weighted by atomic mass is 32.1. The van der Waals surface area contributed by atoms with Crippen LogP contribution in [0.4, 0.5) is 0 Å². The molecule has 0 atom stereocenters. The molecule has 5 heteroatoms. The number of ether oxygens (including phenoxy) is 1. The van der Waals surface area contributed by atoms with Crippen molar-refractivity contribution >= 4 is 43.0 Å². The second kappa shape index (κ2) is 5.55. The summed E-state index contributed by atoms with van der Waals surface area (Å²) < 4.78 is 8.49. The maximum atomic E-state index is 6.02. The topological polar surface area (TPSA) is 34.1 Å². The second-order valence-corrected chi connectivity index (χ2v) is 7.76. The summed E-state index contributed by atoms with van der Waals surface area (Å²) in [6, 6.07) is 4.29. The van der Waals surface area contributed by atoms with Crippen LogP contribution in [0, 0.1) is 12.8 Å². The van der Waals surface area contributed by atoms with Crippen LogP contribution in [0.25, 0.3) is 20.3 Å². The van der Waals surface area contributed by atoms with Crippen molar-refractivity contribution in [2.75, 3.05) is 19.7 Å². The maximum Gasteiger partial charge on any atom is 0.129 e. The van der Waals surface area contributed by atoms with Gasteiger partial charge in [-0.2, -0.15) is 0 Å². The van der Waals surface area contributed by atoms with E-state index in [0.717, 1.165) is 41.9 Å². The van der Waals surface area contributed by atoms with E-state index in [9.17, 15) is 0 Å². The van der Waals surface area contributed by atoms with E-state index < -0.39 is 0 Å². The van der Waals surface area contributed by atoms with Gasteiger partial charge in [-0.3, -0.25) is 0 Å². The second-order valence-electron chi connectivity index (χ2n) is 5.61. The summed E-state index contributed by atoms with van der Waals surface area (Å²) >= 11 is 3.49. The molecule has 0 radical (unpaired) electrons. The predicted octanol–water partition coefficient (Wildman–Crippen LogP) is 4.20. The van der Waals surface area contributed by atoms with Gasteiger partial charge in [0.05, 0.1) is 19.9 Å². The lowest BCUT2D eigenvalue weighted by atomic mass is 10.2. The summed E-state index contributed by atoms with van der Waals surface area (Å²) in [5.74, 6) is 1.92. The standard InChI is InChI=1S/C16H18N2OS2/c1-10-18-15-14(21-10)8-13(12-4-7-20-16(12)15)19-6-5-17-9-11-2-3-11/h4,7-8,11,17H,2-3,5-6,9H2,1H3. The minimum Gasteiger partial charge on any atom is -0.492 e. The Morgan fingerprint density at radius 1 is 1.43 bits per heavy atom. The molecular formula is C16H18N2OS2. The summed E-state index contributed by atoms with van der Waals surface area (Å²) in [5.41, 5.74) is 1.13. The van der Waals surface area contributed by atoms with Crippen LogP contribution in [0.15, 0.2) is 17.5 Å². The van der Waals surface area contributed by atoms with Gasteiger partial charge in [0, 0.05) is 18.0 Å². The first kappa shape index (κ1) is 13.5. The third kappa shape index (κ3) is 2.78. The zero-order chi connectivity index (χ0) is 14.2.